The first-order valence-electron chi connectivity index (χ1n) is 7.54. The van der Waals surface area contributed by atoms with Crippen molar-refractivity contribution in [3.8, 4) is 0 Å². The van der Waals surface area contributed by atoms with Gasteiger partial charge in [0, 0.05) is 36.3 Å². The van der Waals surface area contributed by atoms with Gasteiger partial charge in [0.25, 0.3) is 10.5 Å². The van der Waals surface area contributed by atoms with E-state index in [2.05, 4.69) is 35.3 Å². The highest BCUT2D eigenvalue weighted by atomic mass is 35.5. The van der Waals surface area contributed by atoms with Crippen LogP contribution in [0.1, 0.15) is 5.56 Å². The number of ether oxygens (including phenoxy) is 1. The number of thioether (sulfide) groups is 1. The maximum Gasteiger partial charge on any atom is 0.294 e. The van der Waals surface area contributed by atoms with Gasteiger partial charge in [0.15, 0.2) is 12.2 Å². The number of rotatable bonds is 5. The SMILES string of the molecule is NCc1ccccc1SC1=[C+]C=C[C+]=C1CN1CCOCC1.[Cl-].[Cl-]. The zero-order valence-electron chi connectivity index (χ0n) is 13.3. The minimum absolute atomic E-state index is 0. The fraction of sp³-hybridized carbons (Fsp3) is 0.333. The summed E-state index contributed by atoms with van der Waals surface area (Å²) in [6.45, 7) is 5.04. The van der Waals surface area contributed by atoms with Crippen LogP contribution in [0.15, 0.2) is 51.8 Å². The predicted octanol–water partition coefficient (Wildman–Crippen LogP) is -3.44. The molecule has 128 valence electrons. The van der Waals surface area contributed by atoms with E-state index in [0.29, 0.717) is 6.54 Å². The second kappa shape index (κ2) is 10.8. The lowest BCUT2D eigenvalue weighted by molar-refractivity contribution is -0.001000. The molecule has 1 aliphatic carbocycles. The Morgan fingerprint density at radius 1 is 1.08 bits per heavy atom. The Bertz CT molecular complexity index is 611. The summed E-state index contributed by atoms with van der Waals surface area (Å²) in [6, 6.07) is 8.28. The quantitative estimate of drug-likeness (QED) is 0.538. The maximum atomic E-state index is 5.84. The van der Waals surface area contributed by atoms with Crippen LogP contribution < -0.4 is 30.5 Å². The molecule has 1 saturated heterocycles. The molecule has 0 spiro atoms. The molecule has 3 nitrogen and oxygen atoms in total. The van der Waals surface area contributed by atoms with Crippen molar-refractivity contribution in [3.63, 3.8) is 0 Å². The van der Waals surface area contributed by atoms with Gasteiger partial charge < -0.3 is 35.3 Å². The second-order valence-corrected chi connectivity index (χ2v) is 6.28. The van der Waals surface area contributed by atoms with Crippen molar-refractivity contribution in [1.82, 2.24) is 4.90 Å². The summed E-state index contributed by atoms with van der Waals surface area (Å²) >= 11 is 1.73. The standard InChI is InChI=1S/C18H20N2OS.2ClH/c19-13-15-5-1-3-7-17(15)22-18-8-4-2-6-16(18)14-20-9-11-21-12-10-20;;/h1-5,7H,9-14,19H2;2*1H/q+2;;/p-2. The van der Waals surface area contributed by atoms with E-state index in [0.717, 1.165) is 37.8 Å². The van der Waals surface area contributed by atoms with Crippen molar-refractivity contribution in [3.05, 3.63) is 64.6 Å². The van der Waals surface area contributed by atoms with E-state index in [1.165, 1.54) is 16.0 Å². The highest BCUT2D eigenvalue weighted by molar-refractivity contribution is 8.03. The predicted molar refractivity (Wildman–Crippen MR) is 90.1 cm³/mol. The number of morpholine rings is 1. The molecule has 0 atom stereocenters. The summed E-state index contributed by atoms with van der Waals surface area (Å²) in [7, 11) is 0. The van der Waals surface area contributed by atoms with Gasteiger partial charge in [0.05, 0.1) is 13.2 Å². The van der Waals surface area contributed by atoms with Crippen LogP contribution in [0, 0.1) is 12.2 Å². The number of hydrogen-bond donors (Lipinski definition) is 1. The fourth-order valence-electron chi connectivity index (χ4n) is 2.49. The normalized spacial score (nSPS) is 16.7. The molecule has 6 heteroatoms. The molecule has 1 aromatic rings. The summed E-state index contributed by atoms with van der Waals surface area (Å²) in [5.74, 6) is 0. The molecule has 1 heterocycles. The lowest BCUT2D eigenvalue weighted by atomic mass is 10.1. The number of nitrogens with zero attached hydrogens (tertiary/aromatic N) is 1. The van der Waals surface area contributed by atoms with Gasteiger partial charge in [-0.1, -0.05) is 18.2 Å². The number of halogens is 2. The third-order valence-electron chi connectivity index (χ3n) is 3.72. The molecule has 1 aromatic carbocycles. The summed E-state index contributed by atoms with van der Waals surface area (Å²) in [6.07, 6.45) is 10.6. The fourth-order valence-corrected chi connectivity index (χ4v) is 3.51. The van der Waals surface area contributed by atoms with E-state index in [4.69, 9.17) is 10.5 Å². The van der Waals surface area contributed by atoms with Gasteiger partial charge in [0.2, 0.25) is 12.2 Å². The van der Waals surface area contributed by atoms with Crippen molar-refractivity contribution >= 4 is 11.8 Å². The number of benzene rings is 1. The minimum Gasteiger partial charge on any atom is -1.00 e. The van der Waals surface area contributed by atoms with E-state index in [-0.39, 0.29) is 24.8 Å². The van der Waals surface area contributed by atoms with Crippen molar-refractivity contribution in [2.45, 2.75) is 11.4 Å². The largest absolute Gasteiger partial charge is 1.00 e. The highest BCUT2D eigenvalue weighted by Crippen LogP contribution is 2.35. The van der Waals surface area contributed by atoms with Crippen LogP contribution in [0.2, 0.25) is 0 Å². The summed E-state index contributed by atoms with van der Waals surface area (Å²) < 4.78 is 5.41. The molecule has 0 bridgehead atoms. The Morgan fingerprint density at radius 2 is 1.79 bits per heavy atom. The number of allylic oxidation sites excluding steroid dienone is 4. The van der Waals surface area contributed by atoms with Gasteiger partial charge in [-0.25, -0.2) is 0 Å². The van der Waals surface area contributed by atoms with Gasteiger partial charge in [-0.15, -0.1) is 0 Å². The van der Waals surface area contributed by atoms with E-state index in [1.54, 1.807) is 11.8 Å². The Labute approximate surface area is 160 Å². The molecule has 2 aliphatic rings. The molecule has 0 unspecified atom stereocenters. The van der Waals surface area contributed by atoms with Gasteiger partial charge in [-0.05, 0) is 11.6 Å². The average molecular weight is 383 g/mol. The van der Waals surface area contributed by atoms with Crippen LogP contribution in [0.3, 0.4) is 0 Å². The van der Waals surface area contributed by atoms with Crippen molar-refractivity contribution < 1.29 is 29.6 Å². The van der Waals surface area contributed by atoms with Crippen LogP contribution in [-0.2, 0) is 11.3 Å². The number of hydrogen-bond acceptors (Lipinski definition) is 4. The summed E-state index contributed by atoms with van der Waals surface area (Å²) in [5, 5.41) is 0. The maximum absolute atomic E-state index is 5.84. The summed E-state index contributed by atoms with van der Waals surface area (Å²) in [5.41, 5.74) is 8.20. The molecule has 0 radical (unpaired) electrons. The summed E-state index contributed by atoms with van der Waals surface area (Å²) in [4.78, 5) is 4.74. The molecule has 0 amide bonds. The minimum atomic E-state index is 0. The van der Waals surface area contributed by atoms with E-state index in [1.807, 2.05) is 18.2 Å². The van der Waals surface area contributed by atoms with Crippen LogP contribution in [0.5, 0.6) is 0 Å². The van der Waals surface area contributed by atoms with Crippen molar-refractivity contribution in [2.24, 2.45) is 5.73 Å². The molecule has 0 saturated carbocycles. The lowest BCUT2D eigenvalue weighted by Crippen LogP contribution is -3.00. The van der Waals surface area contributed by atoms with Gasteiger partial charge in [-0.2, -0.15) is 0 Å². The lowest BCUT2D eigenvalue weighted by Gasteiger charge is -2.24. The van der Waals surface area contributed by atoms with Gasteiger partial charge in [0.1, 0.15) is 6.54 Å². The molecule has 24 heavy (non-hydrogen) atoms. The highest BCUT2D eigenvalue weighted by Gasteiger charge is 2.31. The van der Waals surface area contributed by atoms with Crippen LogP contribution in [0.4, 0.5) is 0 Å². The molecular formula is C18H20Cl2N2OS. The molecule has 3 rings (SSSR count). The monoisotopic (exact) mass is 382 g/mol. The van der Waals surface area contributed by atoms with E-state index >= 15 is 0 Å². The van der Waals surface area contributed by atoms with Crippen molar-refractivity contribution in [1.29, 1.82) is 0 Å². The Hall–Kier alpha value is -0.930. The third-order valence-corrected chi connectivity index (χ3v) is 4.91. The Morgan fingerprint density at radius 3 is 2.54 bits per heavy atom. The van der Waals surface area contributed by atoms with Gasteiger partial charge >= 0.3 is 0 Å². The first kappa shape index (κ1) is 21.1. The van der Waals surface area contributed by atoms with Gasteiger partial charge in [-0.3, -0.25) is 4.90 Å². The zero-order chi connectivity index (χ0) is 15.2. The first-order chi connectivity index (χ1) is 10.9. The average Bonchev–Trinajstić information content (AvgIpc) is 2.58. The van der Waals surface area contributed by atoms with E-state index in [9.17, 15) is 0 Å². The van der Waals surface area contributed by atoms with Crippen LogP contribution in [-0.4, -0.2) is 37.7 Å². The molecule has 0 aromatic heterocycles. The Balaban J connectivity index is 0.00000144. The van der Waals surface area contributed by atoms with Crippen LogP contribution >= 0.6 is 11.8 Å². The number of nitrogens with two attached hydrogens (primary N) is 1. The second-order valence-electron chi connectivity index (χ2n) is 5.23. The molecule has 1 aliphatic heterocycles. The zero-order valence-corrected chi connectivity index (χ0v) is 15.6. The topological polar surface area (TPSA) is 38.5 Å². The Kier molecular flexibility index (Phi) is 9.53. The molecule has 2 N–H and O–H groups in total. The van der Waals surface area contributed by atoms with E-state index < -0.39 is 0 Å². The van der Waals surface area contributed by atoms with Crippen molar-refractivity contribution in [2.75, 3.05) is 32.8 Å². The van der Waals surface area contributed by atoms with Crippen LogP contribution in [0.25, 0.3) is 0 Å². The third kappa shape index (κ3) is 5.56. The molecular weight excluding hydrogens is 363 g/mol. The smallest absolute Gasteiger partial charge is 0.294 e. The molecule has 1 fully saturated rings. The first-order valence-corrected chi connectivity index (χ1v) is 8.35.